The van der Waals surface area contributed by atoms with Crippen molar-refractivity contribution in [3.63, 3.8) is 0 Å². The number of hydrogen-bond donors (Lipinski definition) is 3. The Morgan fingerprint density at radius 1 is 0.707 bits per heavy atom. The summed E-state index contributed by atoms with van der Waals surface area (Å²) >= 11 is 0. The molecule has 0 spiro atoms. The third kappa shape index (κ3) is 6.43. The van der Waals surface area contributed by atoms with Crippen LogP contribution in [0.4, 0.5) is 74.6 Å². The number of carboxylic acid groups (broad SMARTS) is 1. The van der Waals surface area contributed by atoms with E-state index >= 15 is 0 Å². The summed E-state index contributed by atoms with van der Waals surface area (Å²) in [7, 11) is 0. The Morgan fingerprint density at radius 2 is 1.07 bits per heavy atom. The molecule has 1 fully saturated rings. The van der Waals surface area contributed by atoms with Crippen molar-refractivity contribution >= 4 is 5.97 Å². The minimum atomic E-state index is -8.77. The van der Waals surface area contributed by atoms with Crippen molar-refractivity contribution in [1.82, 2.24) is 0 Å². The van der Waals surface area contributed by atoms with E-state index in [0.29, 0.717) is 0 Å². The Hall–Kier alpha value is -0.284. The van der Waals surface area contributed by atoms with Crippen LogP contribution in [0.2, 0.25) is 0 Å². The van der Waals surface area contributed by atoms with Crippen molar-refractivity contribution in [2.75, 3.05) is 6.61 Å². The number of carbonyl (C=O) groups is 1. The SMILES string of the molecule is O=C([O-])[C@@H](O)[C@H]1O[C@@H](OCCC(F)(F)C(F)(F)C(F)(F)C(F)(F)C(F)(F)C(F)(F)C(F)(F)C(F)(F)F)[C@H](O)[C@H]1O.[K+]. The number of aliphatic hydroxyl groups is 3. The molecule has 1 saturated heterocycles. The molecule has 41 heavy (non-hydrogen) atoms. The number of alkyl halides is 17. The Labute approximate surface area is 257 Å². The molecule has 0 aliphatic carbocycles. The van der Waals surface area contributed by atoms with E-state index in [9.17, 15) is 94.8 Å². The number of carboxylic acids is 1. The number of rotatable bonds is 12. The van der Waals surface area contributed by atoms with Crippen LogP contribution in [-0.2, 0) is 14.3 Å². The third-order valence-corrected chi connectivity index (χ3v) is 5.29. The summed E-state index contributed by atoms with van der Waals surface area (Å²) < 4.78 is 233. The van der Waals surface area contributed by atoms with Crippen LogP contribution in [0.3, 0.4) is 0 Å². The van der Waals surface area contributed by atoms with Gasteiger partial charge < -0.3 is 34.7 Å². The molecule has 1 aliphatic heterocycles. The Morgan fingerprint density at radius 3 is 1.44 bits per heavy atom. The summed E-state index contributed by atoms with van der Waals surface area (Å²) in [6, 6.07) is 0. The topological polar surface area (TPSA) is 119 Å². The van der Waals surface area contributed by atoms with Crippen molar-refractivity contribution < 1.29 is 161 Å². The first-order chi connectivity index (χ1) is 17.4. The van der Waals surface area contributed by atoms with E-state index in [0.717, 1.165) is 0 Å². The summed E-state index contributed by atoms with van der Waals surface area (Å²) in [5.74, 6) is -60.0. The maximum Gasteiger partial charge on any atom is 1.00 e. The summed E-state index contributed by atoms with van der Waals surface area (Å²) in [5.41, 5.74) is 0. The number of hydrogen-bond acceptors (Lipinski definition) is 7. The molecular formula is C16H12F17KO7. The smallest absolute Gasteiger partial charge is 0.547 e. The van der Waals surface area contributed by atoms with Gasteiger partial charge >= 0.3 is 99.0 Å². The van der Waals surface area contributed by atoms with Crippen LogP contribution in [-0.4, -0.2) is 106 Å². The maximum absolute atomic E-state index is 13.8. The van der Waals surface area contributed by atoms with Gasteiger partial charge in [0.05, 0.1) is 12.6 Å². The van der Waals surface area contributed by atoms with Gasteiger partial charge in [-0.1, -0.05) is 0 Å². The molecule has 5 atom stereocenters. The summed E-state index contributed by atoms with van der Waals surface area (Å²) in [5, 5.41) is 38.7. The molecule has 1 heterocycles. The second-order valence-corrected chi connectivity index (χ2v) is 7.98. The van der Waals surface area contributed by atoms with Gasteiger partial charge in [-0.15, -0.1) is 0 Å². The molecule has 238 valence electrons. The molecule has 0 aromatic heterocycles. The van der Waals surface area contributed by atoms with Gasteiger partial charge in [0.25, 0.3) is 0 Å². The molecule has 1 rings (SSSR count). The van der Waals surface area contributed by atoms with Crippen molar-refractivity contribution in [3.8, 4) is 0 Å². The predicted octanol–water partition coefficient (Wildman–Crippen LogP) is -1.04. The molecule has 0 unspecified atom stereocenters. The van der Waals surface area contributed by atoms with Crippen LogP contribution in [0.15, 0.2) is 0 Å². The monoisotopic (exact) mass is 678 g/mol. The molecule has 1 aliphatic rings. The minimum absolute atomic E-state index is 0. The molecule has 25 heteroatoms. The average molecular weight is 678 g/mol. The van der Waals surface area contributed by atoms with E-state index in [1.54, 1.807) is 0 Å². The first-order valence-electron chi connectivity index (χ1n) is 9.62. The van der Waals surface area contributed by atoms with Gasteiger partial charge in [-0.3, -0.25) is 0 Å². The van der Waals surface area contributed by atoms with Gasteiger partial charge in [0.2, 0.25) is 0 Å². The van der Waals surface area contributed by atoms with E-state index in [1.165, 1.54) is 0 Å². The number of carbonyl (C=O) groups excluding carboxylic acids is 1. The van der Waals surface area contributed by atoms with E-state index < -0.39 is 97.3 Å². The van der Waals surface area contributed by atoms with Crippen molar-refractivity contribution in [2.24, 2.45) is 0 Å². The van der Waals surface area contributed by atoms with Crippen LogP contribution in [0.5, 0.6) is 0 Å². The van der Waals surface area contributed by atoms with Crippen LogP contribution in [0.25, 0.3) is 0 Å². The first kappa shape index (κ1) is 40.7. The van der Waals surface area contributed by atoms with Gasteiger partial charge in [-0.2, -0.15) is 74.6 Å². The quantitative estimate of drug-likeness (QED) is 0.179. The van der Waals surface area contributed by atoms with Gasteiger partial charge in [0, 0.05) is 6.42 Å². The molecule has 0 amide bonds. The number of halogens is 17. The van der Waals surface area contributed by atoms with Crippen LogP contribution >= 0.6 is 0 Å². The number of aliphatic hydroxyl groups excluding tert-OH is 3. The Balaban J connectivity index is 0.0000160. The fraction of sp³-hybridized carbons (Fsp3) is 0.938. The zero-order valence-corrected chi connectivity index (χ0v) is 22.3. The standard InChI is InChI=1S/C16H13F17O7.K/c17-9(18,1-2-39-8-4(35)3(34)6(40-8)5(36)7(37)38)10(19,20)11(21,22)12(23,24)13(25,26)14(27,28)15(29,30)16(31,32)33;/h3-6,8,34-36H,1-2H2,(H,37,38);/q;+1/p-1/t3-,4-,5+,6+,8-;/m1./s1. The molecule has 3 N–H and O–H groups in total. The van der Waals surface area contributed by atoms with Crippen LogP contribution in [0.1, 0.15) is 6.42 Å². The Kier molecular flexibility index (Phi) is 12.2. The maximum atomic E-state index is 13.8. The molecule has 0 aromatic rings. The second kappa shape index (κ2) is 12.2. The van der Waals surface area contributed by atoms with E-state index in [4.69, 9.17) is 5.11 Å². The normalized spacial score (nSPS) is 24.7. The molecule has 0 bridgehead atoms. The van der Waals surface area contributed by atoms with Gasteiger partial charge in [-0.25, -0.2) is 0 Å². The van der Waals surface area contributed by atoms with E-state index in [2.05, 4.69) is 9.47 Å². The van der Waals surface area contributed by atoms with Crippen molar-refractivity contribution in [3.05, 3.63) is 0 Å². The van der Waals surface area contributed by atoms with E-state index in [1.807, 2.05) is 0 Å². The largest absolute Gasteiger partial charge is 1.00 e. The average Bonchev–Trinajstić information content (AvgIpc) is 3.05. The zero-order valence-electron chi connectivity index (χ0n) is 19.2. The molecule has 0 radical (unpaired) electrons. The summed E-state index contributed by atoms with van der Waals surface area (Å²) in [4.78, 5) is 10.5. The van der Waals surface area contributed by atoms with E-state index in [-0.39, 0.29) is 51.4 Å². The minimum Gasteiger partial charge on any atom is -0.547 e. The van der Waals surface area contributed by atoms with Gasteiger partial charge in [0.1, 0.15) is 24.4 Å². The van der Waals surface area contributed by atoms with Gasteiger partial charge in [-0.05, 0) is 0 Å². The van der Waals surface area contributed by atoms with Crippen LogP contribution in [0, 0.1) is 0 Å². The number of ether oxygens (including phenoxy) is 2. The van der Waals surface area contributed by atoms with Crippen molar-refractivity contribution in [2.45, 2.75) is 84.8 Å². The fourth-order valence-electron chi connectivity index (χ4n) is 2.86. The summed E-state index contributed by atoms with van der Waals surface area (Å²) in [6.07, 6.45) is -23.6. The number of aliphatic carboxylic acids is 1. The molecule has 7 nitrogen and oxygen atoms in total. The van der Waals surface area contributed by atoms with Crippen LogP contribution < -0.4 is 56.5 Å². The molecular weight excluding hydrogens is 666 g/mol. The fourth-order valence-corrected chi connectivity index (χ4v) is 2.86. The molecule has 0 aromatic carbocycles. The first-order valence-corrected chi connectivity index (χ1v) is 9.62. The second-order valence-electron chi connectivity index (χ2n) is 7.98. The summed E-state index contributed by atoms with van der Waals surface area (Å²) in [6.45, 7) is -2.19. The zero-order chi connectivity index (χ0) is 32.3. The predicted molar refractivity (Wildman–Crippen MR) is 82.9 cm³/mol. The van der Waals surface area contributed by atoms with Crippen molar-refractivity contribution in [1.29, 1.82) is 0 Å². The van der Waals surface area contributed by atoms with Gasteiger partial charge in [0.15, 0.2) is 6.29 Å². The Bertz CT molecular complexity index is 929. The molecule has 0 saturated carbocycles. The third-order valence-electron chi connectivity index (χ3n) is 5.29.